The number of hydrogen-bond donors (Lipinski definition) is 1. The summed E-state index contributed by atoms with van der Waals surface area (Å²) < 4.78 is 28.2. The molecule has 0 spiro atoms. The number of nitrogens with one attached hydrogen (secondary N) is 1. The van der Waals surface area contributed by atoms with Gasteiger partial charge in [-0.25, -0.2) is 8.42 Å². The van der Waals surface area contributed by atoms with Crippen LogP contribution >= 0.6 is 0 Å². The molecule has 0 aliphatic heterocycles. The number of likely N-dealkylation sites (N-methyl/N-ethyl adjacent to an activating group) is 1. The number of rotatable bonds is 11. The molecule has 2 amide bonds. The molecule has 0 aromatic heterocycles. The first kappa shape index (κ1) is 27.3. The van der Waals surface area contributed by atoms with Gasteiger partial charge < -0.3 is 10.2 Å². The van der Waals surface area contributed by atoms with Crippen molar-refractivity contribution in [3.05, 3.63) is 101 Å². The predicted molar refractivity (Wildman–Crippen MR) is 139 cm³/mol. The van der Waals surface area contributed by atoms with Crippen LogP contribution in [0.5, 0.6) is 0 Å². The zero-order chi connectivity index (χ0) is 27.0. The molecule has 0 heterocycles. The van der Waals surface area contributed by atoms with Gasteiger partial charge in [0.15, 0.2) is 0 Å². The van der Waals surface area contributed by atoms with Crippen molar-refractivity contribution < 1.29 is 22.9 Å². The van der Waals surface area contributed by atoms with E-state index in [1.54, 1.807) is 49.4 Å². The number of carbonyl (C=O) groups excluding carboxylic acids is 2. The summed E-state index contributed by atoms with van der Waals surface area (Å²) in [5, 5.41) is 13.9. The van der Waals surface area contributed by atoms with Gasteiger partial charge in [-0.3, -0.25) is 24.0 Å². The molecule has 0 radical (unpaired) electrons. The standard InChI is InChI=1S/C26H28N4O6S/c1-3-24(26(32)27-2)28(18-20-11-6-4-7-12-20)25(31)19-29(21-13-10-14-22(17-21)30(33)34)37(35,36)23-15-8-5-9-16-23/h4-17,24H,3,18-19H2,1-2H3,(H,27,32)/t24-/m0/s1. The molecule has 3 aromatic rings. The third-order valence-corrected chi connectivity index (χ3v) is 7.55. The number of carbonyl (C=O) groups is 2. The summed E-state index contributed by atoms with van der Waals surface area (Å²) in [6, 6.07) is 20.7. The number of anilines is 1. The van der Waals surface area contributed by atoms with Crippen LogP contribution in [0, 0.1) is 10.1 Å². The second-order valence-corrected chi connectivity index (χ2v) is 10.0. The fraction of sp³-hybridized carbons (Fsp3) is 0.231. The van der Waals surface area contributed by atoms with E-state index >= 15 is 0 Å². The molecule has 1 N–H and O–H groups in total. The van der Waals surface area contributed by atoms with Crippen molar-refractivity contribution in [3.63, 3.8) is 0 Å². The Kier molecular flexibility index (Phi) is 8.96. The second kappa shape index (κ2) is 12.1. The zero-order valence-electron chi connectivity index (χ0n) is 20.5. The minimum atomic E-state index is -4.29. The Morgan fingerprint density at radius 2 is 1.59 bits per heavy atom. The van der Waals surface area contributed by atoms with E-state index < -0.39 is 33.4 Å². The average molecular weight is 525 g/mol. The number of non-ortho nitro benzene ring substituents is 1. The molecule has 0 aliphatic carbocycles. The molecule has 0 fully saturated rings. The Hall–Kier alpha value is -4.25. The van der Waals surface area contributed by atoms with Crippen molar-refractivity contribution in [1.29, 1.82) is 0 Å². The molecule has 194 valence electrons. The smallest absolute Gasteiger partial charge is 0.271 e. The highest BCUT2D eigenvalue weighted by Gasteiger charge is 2.33. The third-order valence-electron chi connectivity index (χ3n) is 5.77. The van der Waals surface area contributed by atoms with Crippen LogP contribution in [0.25, 0.3) is 0 Å². The largest absolute Gasteiger partial charge is 0.357 e. The minimum absolute atomic E-state index is 0.0425. The van der Waals surface area contributed by atoms with Crippen LogP contribution in [0.1, 0.15) is 18.9 Å². The summed E-state index contributed by atoms with van der Waals surface area (Å²) >= 11 is 0. The van der Waals surface area contributed by atoms with Crippen LogP contribution in [-0.4, -0.2) is 49.7 Å². The molecule has 11 heteroatoms. The topological polar surface area (TPSA) is 130 Å². The maximum atomic E-state index is 13.8. The van der Waals surface area contributed by atoms with Gasteiger partial charge in [-0.15, -0.1) is 0 Å². The molecule has 0 aliphatic rings. The van der Waals surface area contributed by atoms with Crippen molar-refractivity contribution in [3.8, 4) is 0 Å². The lowest BCUT2D eigenvalue weighted by Crippen LogP contribution is -2.51. The van der Waals surface area contributed by atoms with E-state index in [0.717, 1.165) is 15.9 Å². The van der Waals surface area contributed by atoms with E-state index in [1.165, 1.54) is 42.3 Å². The molecule has 0 unspecified atom stereocenters. The highest BCUT2D eigenvalue weighted by molar-refractivity contribution is 7.92. The first-order valence-corrected chi connectivity index (χ1v) is 13.0. The van der Waals surface area contributed by atoms with Crippen LogP contribution in [0.2, 0.25) is 0 Å². The Balaban J connectivity index is 2.08. The van der Waals surface area contributed by atoms with Crippen molar-refractivity contribution in [2.45, 2.75) is 30.8 Å². The summed E-state index contributed by atoms with van der Waals surface area (Å²) in [5.41, 5.74) is 0.390. The normalized spacial score (nSPS) is 11.8. The van der Waals surface area contributed by atoms with Crippen LogP contribution in [-0.2, 0) is 26.2 Å². The Morgan fingerprint density at radius 3 is 2.16 bits per heavy atom. The van der Waals surface area contributed by atoms with Crippen LogP contribution in [0.4, 0.5) is 11.4 Å². The summed E-state index contributed by atoms with van der Waals surface area (Å²) in [5.74, 6) is -1.02. The summed E-state index contributed by atoms with van der Waals surface area (Å²) in [4.78, 5) is 38.4. The van der Waals surface area contributed by atoms with E-state index in [1.807, 2.05) is 6.07 Å². The number of nitrogens with zero attached hydrogens (tertiary/aromatic N) is 3. The number of hydrogen-bond acceptors (Lipinski definition) is 6. The average Bonchev–Trinajstić information content (AvgIpc) is 2.92. The minimum Gasteiger partial charge on any atom is -0.357 e. The van der Waals surface area contributed by atoms with Crippen molar-refractivity contribution in [2.75, 3.05) is 17.9 Å². The number of benzene rings is 3. The number of sulfonamides is 1. The number of nitro benzene ring substituents is 1. The lowest BCUT2D eigenvalue weighted by atomic mass is 10.1. The maximum Gasteiger partial charge on any atom is 0.271 e. The zero-order valence-corrected chi connectivity index (χ0v) is 21.3. The Bertz CT molecular complexity index is 1350. The number of nitro groups is 1. The number of amides is 2. The second-order valence-electron chi connectivity index (χ2n) is 8.15. The van der Waals surface area contributed by atoms with E-state index in [4.69, 9.17) is 0 Å². The molecule has 1 atom stereocenters. The molecule has 3 rings (SSSR count). The molecular formula is C26H28N4O6S. The molecule has 3 aromatic carbocycles. The summed E-state index contributed by atoms with van der Waals surface area (Å²) in [7, 11) is -2.83. The lowest BCUT2D eigenvalue weighted by Gasteiger charge is -2.33. The lowest BCUT2D eigenvalue weighted by molar-refractivity contribution is -0.384. The van der Waals surface area contributed by atoms with Gasteiger partial charge in [-0.2, -0.15) is 0 Å². The van der Waals surface area contributed by atoms with Gasteiger partial charge in [0.2, 0.25) is 11.8 Å². The fourth-order valence-corrected chi connectivity index (χ4v) is 5.30. The quantitative estimate of drug-likeness (QED) is 0.302. The molecule has 10 nitrogen and oxygen atoms in total. The maximum absolute atomic E-state index is 13.8. The van der Waals surface area contributed by atoms with Gasteiger partial charge in [-0.1, -0.05) is 61.5 Å². The molecule has 37 heavy (non-hydrogen) atoms. The van der Waals surface area contributed by atoms with Gasteiger partial charge in [0.05, 0.1) is 15.5 Å². The first-order valence-electron chi connectivity index (χ1n) is 11.6. The van der Waals surface area contributed by atoms with E-state index in [-0.39, 0.29) is 28.7 Å². The van der Waals surface area contributed by atoms with Crippen molar-refractivity contribution in [2.24, 2.45) is 0 Å². The first-order chi connectivity index (χ1) is 17.7. The van der Waals surface area contributed by atoms with E-state index in [0.29, 0.717) is 6.42 Å². The molecular weight excluding hydrogens is 496 g/mol. The van der Waals surface area contributed by atoms with E-state index in [2.05, 4.69) is 5.32 Å². The van der Waals surface area contributed by atoms with Crippen molar-refractivity contribution >= 4 is 33.2 Å². The monoisotopic (exact) mass is 524 g/mol. The molecule has 0 bridgehead atoms. The third kappa shape index (κ3) is 6.50. The highest BCUT2D eigenvalue weighted by Crippen LogP contribution is 2.27. The highest BCUT2D eigenvalue weighted by atomic mass is 32.2. The van der Waals surface area contributed by atoms with Gasteiger partial charge in [0, 0.05) is 25.7 Å². The van der Waals surface area contributed by atoms with E-state index in [9.17, 15) is 28.1 Å². The van der Waals surface area contributed by atoms with Gasteiger partial charge >= 0.3 is 0 Å². The molecule has 0 saturated carbocycles. The Labute approximate surface area is 215 Å². The van der Waals surface area contributed by atoms with Gasteiger partial charge in [0.1, 0.15) is 12.6 Å². The fourth-order valence-electron chi connectivity index (χ4n) is 3.88. The summed E-state index contributed by atoms with van der Waals surface area (Å²) in [6.45, 7) is 1.16. The van der Waals surface area contributed by atoms with Gasteiger partial charge in [-0.05, 0) is 30.2 Å². The van der Waals surface area contributed by atoms with Crippen LogP contribution in [0.3, 0.4) is 0 Å². The SMILES string of the molecule is CC[C@@H](C(=O)NC)N(Cc1ccccc1)C(=O)CN(c1cccc([N+](=O)[O-])c1)S(=O)(=O)c1ccccc1. The van der Waals surface area contributed by atoms with Crippen LogP contribution < -0.4 is 9.62 Å². The van der Waals surface area contributed by atoms with Gasteiger partial charge in [0.25, 0.3) is 15.7 Å². The predicted octanol–water partition coefficient (Wildman–Crippen LogP) is 3.34. The molecule has 0 saturated heterocycles. The van der Waals surface area contributed by atoms with Crippen molar-refractivity contribution in [1.82, 2.24) is 10.2 Å². The van der Waals surface area contributed by atoms with Crippen LogP contribution in [0.15, 0.2) is 89.8 Å². The summed E-state index contributed by atoms with van der Waals surface area (Å²) in [6.07, 6.45) is 0.292. The Morgan fingerprint density at radius 1 is 0.973 bits per heavy atom.